The summed E-state index contributed by atoms with van der Waals surface area (Å²) >= 11 is 6.45. The zero-order valence-corrected chi connectivity index (χ0v) is 15.0. The molecule has 2 N–H and O–H groups in total. The number of thiophene rings is 1. The van der Waals surface area contributed by atoms with E-state index in [1.165, 1.54) is 17.0 Å². The summed E-state index contributed by atoms with van der Waals surface area (Å²) in [7, 11) is -3.99. The molecule has 12 heteroatoms. The van der Waals surface area contributed by atoms with Gasteiger partial charge in [-0.2, -0.15) is 13.2 Å². The highest BCUT2D eigenvalue weighted by atomic mass is 35.5. The zero-order chi connectivity index (χ0) is 16.4. The quantitative estimate of drug-likeness (QED) is 0.774. The Labute approximate surface area is 147 Å². The van der Waals surface area contributed by atoms with Crippen LogP contribution in [0.25, 0.3) is 0 Å². The van der Waals surface area contributed by atoms with Gasteiger partial charge in [-0.25, -0.2) is 13.1 Å². The molecule has 0 amide bonds. The van der Waals surface area contributed by atoms with E-state index in [-0.39, 0.29) is 34.0 Å². The van der Waals surface area contributed by atoms with E-state index in [4.69, 9.17) is 11.6 Å². The molecule has 2 rings (SSSR count). The van der Waals surface area contributed by atoms with Crippen LogP contribution in [-0.2, 0) is 10.0 Å². The second kappa shape index (κ2) is 8.32. The Balaban J connectivity index is 0.00000264. The number of halogens is 5. The van der Waals surface area contributed by atoms with Crippen molar-refractivity contribution in [3.63, 3.8) is 0 Å². The molecule has 1 unspecified atom stereocenters. The Hall–Kier alpha value is -0.100. The van der Waals surface area contributed by atoms with Crippen molar-refractivity contribution < 1.29 is 21.6 Å². The molecule has 0 radical (unpaired) electrons. The first-order valence-corrected chi connectivity index (χ1v) is 9.14. The highest BCUT2D eigenvalue weighted by Gasteiger charge is 2.44. The van der Waals surface area contributed by atoms with E-state index in [1.807, 2.05) is 4.72 Å². The Kier molecular flexibility index (Phi) is 7.58. The van der Waals surface area contributed by atoms with Gasteiger partial charge >= 0.3 is 6.18 Å². The molecule has 1 aliphatic heterocycles. The van der Waals surface area contributed by atoms with Crippen molar-refractivity contribution in [2.45, 2.75) is 16.4 Å². The molecule has 2 heterocycles. The van der Waals surface area contributed by atoms with Gasteiger partial charge in [-0.1, -0.05) is 11.6 Å². The molecule has 0 aromatic carbocycles. The highest BCUT2D eigenvalue weighted by molar-refractivity contribution is 7.91. The number of sulfonamides is 1. The van der Waals surface area contributed by atoms with Crippen LogP contribution >= 0.6 is 35.3 Å². The van der Waals surface area contributed by atoms with Gasteiger partial charge in [0, 0.05) is 32.7 Å². The maximum absolute atomic E-state index is 13.2. The van der Waals surface area contributed by atoms with E-state index in [0.717, 1.165) is 11.3 Å². The van der Waals surface area contributed by atoms with Crippen LogP contribution in [-0.4, -0.2) is 58.3 Å². The summed E-state index contributed by atoms with van der Waals surface area (Å²) in [5.41, 5.74) is 0. The summed E-state index contributed by atoms with van der Waals surface area (Å²) in [5, 5.41) is 2.96. The van der Waals surface area contributed by atoms with Gasteiger partial charge in [-0.05, 0) is 12.1 Å². The van der Waals surface area contributed by atoms with E-state index in [0.29, 0.717) is 13.1 Å². The average Bonchev–Trinajstić information content (AvgIpc) is 2.86. The molecule has 1 atom stereocenters. The lowest BCUT2D eigenvalue weighted by Gasteiger charge is -2.35. The van der Waals surface area contributed by atoms with Crippen molar-refractivity contribution in [2.75, 3.05) is 32.7 Å². The molecule has 134 valence electrons. The van der Waals surface area contributed by atoms with Crippen molar-refractivity contribution in [3.05, 3.63) is 16.5 Å². The molecule has 0 aliphatic carbocycles. The van der Waals surface area contributed by atoms with Crippen molar-refractivity contribution in [1.82, 2.24) is 14.9 Å². The minimum atomic E-state index is -4.51. The second-order valence-electron chi connectivity index (χ2n) is 4.75. The first-order chi connectivity index (χ1) is 10.2. The van der Waals surface area contributed by atoms with Crippen LogP contribution < -0.4 is 10.0 Å². The predicted molar refractivity (Wildman–Crippen MR) is 86.1 cm³/mol. The van der Waals surface area contributed by atoms with Crippen LogP contribution in [0.2, 0.25) is 4.34 Å². The molecule has 5 nitrogen and oxygen atoms in total. The van der Waals surface area contributed by atoms with Gasteiger partial charge in [-0.3, -0.25) is 4.90 Å². The molecule has 1 aliphatic rings. The van der Waals surface area contributed by atoms with Crippen LogP contribution in [0.5, 0.6) is 0 Å². The Morgan fingerprint density at radius 3 is 2.43 bits per heavy atom. The van der Waals surface area contributed by atoms with E-state index in [9.17, 15) is 21.6 Å². The van der Waals surface area contributed by atoms with Crippen molar-refractivity contribution >= 4 is 45.4 Å². The van der Waals surface area contributed by atoms with Gasteiger partial charge in [0.1, 0.15) is 10.3 Å². The number of rotatable bonds is 5. The first kappa shape index (κ1) is 20.9. The fraction of sp³-hybridized carbons (Fsp3) is 0.636. The maximum atomic E-state index is 13.2. The number of nitrogens with zero attached hydrogens (tertiary/aromatic N) is 1. The molecular formula is C11H16Cl2F3N3O2S2. The van der Waals surface area contributed by atoms with Crippen LogP contribution in [0.3, 0.4) is 0 Å². The predicted octanol–water partition coefficient (Wildman–Crippen LogP) is 1.94. The molecule has 0 saturated carbocycles. The Morgan fingerprint density at radius 1 is 1.35 bits per heavy atom. The fourth-order valence-corrected chi connectivity index (χ4v) is 4.71. The van der Waals surface area contributed by atoms with Gasteiger partial charge in [0.05, 0.1) is 4.34 Å². The lowest BCUT2D eigenvalue weighted by Crippen LogP contribution is -2.57. The Bertz CT molecular complexity index is 604. The molecule has 0 spiro atoms. The zero-order valence-electron chi connectivity index (χ0n) is 11.8. The van der Waals surface area contributed by atoms with Crippen LogP contribution in [0, 0.1) is 0 Å². The third-order valence-corrected chi connectivity index (χ3v) is 6.40. The fourth-order valence-electron chi connectivity index (χ4n) is 2.15. The largest absolute Gasteiger partial charge is 0.405 e. The van der Waals surface area contributed by atoms with Crippen LogP contribution in [0.15, 0.2) is 16.3 Å². The second-order valence-corrected chi connectivity index (χ2v) is 8.46. The molecule has 1 aromatic heterocycles. The molecule has 1 saturated heterocycles. The van der Waals surface area contributed by atoms with Crippen molar-refractivity contribution in [1.29, 1.82) is 0 Å². The summed E-state index contributed by atoms with van der Waals surface area (Å²) < 4.78 is 65.7. The summed E-state index contributed by atoms with van der Waals surface area (Å²) in [4.78, 5) is 1.24. The molecule has 0 bridgehead atoms. The van der Waals surface area contributed by atoms with Crippen molar-refractivity contribution in [2.24, 2.45) is 0 Å². The SMILES string of the molecule is Cl.O=S(=O)(NCC(N1CCNCC1)C(F)(F)F)c1ccc(Cl)s1. The van der Waals surface area contributed by atoms with Gasteiger partial charge in [-0.15, -0.1) is 23.7 Å². The number of alkyl halides is 3. The Morgan fingerprint density at radius 2 is 1.96 bits per heavy atom. The average molecular weight is 414 g/mol. The first-order valence-electron chi connectivity index (χ1n) is 6.46. The number of hydrogen-bond acceptors (Lipinski definition) is 5. The topological polar surface area (TPSA) is 61.4 Å². The monoisotopic (exact) mass is 413 g/mol. The summed E-state index contributed by atoms with van der Waals surface area (Å²) in [5.74, 6) is 0. The lowest BCUT2D eigenvalue weighted by atomic mass is 10.2. The summed E-state index contributed by atoms with van der Waals surface area (Å²) in [6.45, 7) is 0.606. The number of piperazine rings is 1. The molecule has 1 fully saturated rings. The minimum absolute atomic E-state index is 0. The van der Waals surface area contributed by atoms with E-state index in [1.54, 1.807) is 0 Å². The molecule has 23 heavy (non-hydrogen) atoms. The normalized spacial score (nSPS) is 18.4. The highest BCUT2D eigenvalue weighted by Crippen LogP contribution is 2.27. The number of nitrogens with one attached hydrogen (secondary N) is 2. The number of hydrogen-bond donors (Lipinski definition) is 2. The molecular weight excluding hydrogens is 398 g/mol. The van der Waals surface area contributed by atoms with E-state index in [2.05, 4.69) is 5.32 Å². The molecule has 1 aromatic rings. The van der Waals surface area contributed by atoms with Gasteiger partial charge in [0.25, 0.3) is 0 Å². The summed E-state index contributed by atoms with van der Waals surface area (Å²) in [6.07, 6.45) is -4.51. The smallest absolute Gasteiger partial charge is 0.314 e. The van der Waals surface area contributed by atoms with Gasteiger partial charge in [0.2, 0.25) is 10.0 Å². The van der Waals surface area contributed by atoms with Crippen molar-refractivity contribution in [3.8, 4) is 0 Å². The third-order valence-electron chi connectivity index (χ3n) is 3.25. The van der Waals surface area contributed by atoms with E-state index < -0.39 is 28.8 Å². The lowest BCUT2D eigenvalue weighted by molar-refractivity contribution is -0.182. The van der Waals surface area contributed by atoms with Gasteiger partial charge < -0.3 is 5.32 Å². The van der Waals surface area contributed by atoms with Gasteiger partial charge in [0.15, 0.2) is 0 Å². The maximum Gasteiger partial charge on any atom is 0.405 e. The summed E-state index contributed by atoms with van der Waals surface area (Å²) in [6, 6.07) is 0.806. The van der Waals surface area contributed by atoms with E-state index >= 15 is 0 Å². The van der Waals surface area contributed by atoms with Crippen LogP contribution in [0.4, 0.5) is 13.2 Å². The third kappa shape index (κ3) is 5.73. The van der Waals surface area contributed by atoms with Crippen LogP contribution in [0.1, 0.15) is 0 Å². The minimum Gasteiger partial charge on any atom is -0.314 e. The standard InChI is InChI=1S/C11H15ClF3N3O2S2.ClH/c12-9-1-2-10(21-9)22(19,20)17-7-8(11(13,14)15)18-5-3-16-4-6-18;/h1-2,8,16-17H,3-7H2;1H.